The standard InChI is InChI=1S/C28H36ClFN2O4/c1-18(2)17-32(21-8-6-5-7-9-21)25-13-12-22(36-28(3,4)27(34)35)16-24(25)31-26(33)14-19-10-11-20(29)15-23(19)30/h10-13,15-16,18,21H,5-9,14,17H2,1-4H3,(H,31,33)(H,34,35). The van der Waals surface area contributed by atoms with E-state index in [4.69, 9.17) is 16.3 Å². The van der Waals surface area contributed by atoms with E-state index in [1.165, 1.54) is 32.4 Å². The molecule has 1 fully saturated rings. The van der Waals surface area contributed by atoms with Gasteiger partial charge in [0.2, 0.25) is 5.91 Å². The van der Waals surface area contributed by atoms with E-state index in [9.17, 15) is 19.1 Å². The van der Waals surface area contributed by atoms with Gasteiger partial charge in [-0.25, -0.2) is 9.18 Å². The molecule has 2 aromatic carbocycles. The number of halogens is 2. The first kappa shape index (κ1) is 27.8. The number of ether oxygens (including phenoxy) is 1. The number of nitrogens with zero attached hydrogens (tertiary/aromatic N) is 1. The Labute approximate surface area is 217 Å². The molecule has 1 amide bonds. The molecular formula is C28H36ClFN2O4. The van der Waals surface area contributed by atoms with Crippen LogP contribution in [0.1, 0.15) is 65.4 Å². The topological polar surface area (TPSA) is 78.9 Å². The lowest BCUT2D eigenvalue weighted by Gasteiger charge is -2.38. The molecule has 36 heavy (non-hydrogen) atoms. The van der Waals surface area contributed by atoms with Crippen molar-refractivity contribution in [2.24, 2.45) is 5.92 Å². The van der Waals surface area contributed by atoms with Crippen LogP contribution in [0, 0.1) is 11.7 Å². The van der Waals surface area contributed by atoms with Gasteiger partial charge in [-0.15, -0.1) is 0 Å². The third kappa shape index (κ3) is 7.36. The monoisotopic (exact) mass is 518 g/mol. The molecule has 0 heterocycles. The van der Waals surface area contributed by atoms with Crippen molar-refractivity contribution in [2.75, 3.05) is 16.8 Å². The first-order chi connectivity index (χ1) is 17.0. The number of amides is 1. The minimum absolute atomic E-state index is 0.165. The Morgan fingerprint density at radius 2 is 1.86 bits per heavy atom. The molecule has 0 bridgehead atoms. The van der Waals surface area contributed by atoms with Gasteiger partial charge in [0.15, 0.2) is 5.60 Å². The molecule has 2 aromatic rings. The molecule has 0 aliphatic heterocycles. The Bertz CT molecular complexity index is 1080. The Morgan fingerprint density at radius 3 is 2.47 bits per heavy atom. The second-order valence-corrected chi connectivity index (χ2v) is 10.8. The predicted molar refractivity (Wildman–Crippen MR) is 142 cm³/mol. The van der Waals surface area contributed by atoms with Crippen LogP contribution in [0.3, 0.4) is 0 Å². The lowest BCUT2D eigenvalue weighted by Crippen LogP contribution is -2.40. The summed E-state index contributed by atoms with van der Waals surface area (Å²) in [7, 11) is 0. The zero-order chi connectivity index (χ0) is 26.5. The number of benzene rings is 2. The van der Waals surface area contributed by atoms with Crippen molar-refractivity contribution < 1.29 is 23.8 Å². The van der Waals surface area contributed by atoms with Crippen molar-refractivity contribution in [3.63, 3.8) is 0 Å². The quantitative estimate of drug-likeness (QED) is 0.366. The SMILES string of the molecule is CC(C)CN(c1ccc(OC(C)(C)C(=O)O)cc1NC(=O)Cc1ccc(Cl)cc1F)C1CCCCC1. The molecule has 0 radical (unpaired) electrons. The molecule has 8 heteroatoms. The van der Waals surface area contributed by atoms with Crippen molar-refractivity contribution in [3.05, 3.63) is 52.8 Å². The molecule has 6 nitrogen and oxygen atoms in total. The first-order valence-corrected chi connectivity index (χ1v) is 12.9. The van der Waals surface area contributed by atoms with Gasteiger partial charge in [0, 0.05) is 23.7 Å². The molecule has 1 aliphatic rings. The molecule has 0 atom stereocenters. The van der Waals surface area contributed by atoms with Crippen LogP contribution in [-0.2, 0) is 16.0 Å². The number of anilines is 2. The number of aliphatic carboxylic acids is 1. The fourth-order valence-corrected chi connectivity index (χ4v) is 4.69. The van der Waals surface area contributed by atoms with Crippen LogP contribution in [0.5, 0.6) is 5.75 Å². The summed E-state index contributed by atoms with van der Waals surface area (Å²) in [6, 6.07) is 9.85. The van der Waals surface area contributed by atoms with Gasteiger partial charge in [0.25, 0.3) is 0 Å². The van der Waals surface area contributed by atoms with Crippen LogP contribution in [0.15, 0.2) is 36.4 Å². The van der Waals surface area contributed by atoms with E-state index < -0.39 is 17.4 Å². The van der Waals surface area contributed by atoms with E-state index >= 15 is 0 Å². The van der Waals surface area contributed by atoms with Gasteiger partial charge >= 0.3 is 5.97 Å². The highest BCUT2D eigenvalue weighted by Gasteiger charge is 2.30. The van der Waals surface area contributed by atoms with Crippen LogP contribution in [0.4, 0.5) is 15.8 Å². The highest BCUT2D eigenvalue weighted by molar-refractivity contribution is 6.30. The van der Waals surface area contributed by atoms with E-state index in [1.54, 1.807) is 18.2 Å². The number of nitrogens with one attached hydrogen (secondary N) is 1. The third-order valence-corrected chi connectivity index (χ3v) is 6.62. The number of hydrogen-bond acceptors (Lipinski definition) is 4. The fraction of sp³-hybridized carbons (Fsp3) is 0.500. The minimum Gasteiger partial charge on any atom is -0.478 e. The highest BCUT2D eigenvalue weighted by Crippen LogP contribution is 2.36. The van der Waals surface area contributed by atoms with Gasteiger partial charge in [-0.1, -0.05) is 50.8 Å². The zero-order valence-corrected chi connectivity index (χ0v) is 22.2. The van der Waals surface area contributed by atoms with E-state index in [1.807, 2.05) is 6.07 Å². The van der Waals surface area contributed by atoms with Crippen molar-refractivity contribution >= 4 is 34.9 Å². The van der Waals surface area contributed by atoms with E-state index in [-0.39, 0.29) is 22.9 Å². The molecule has 2 N–H and O–H groups in total. The lowest BCUT2D eigenvalue weighted by molar-refractivity contribution is -0.152. The maximum Gasteiger partial charge on any atom is 0.347 e. The lowest BCUT2D eigenvalue weighted by atomic mass is 9.93. The van der Waals surface area contributed by atoms with Crippen LogP contribution in [-0.4, -0.2) is 35.2 Å². The van der Waals surface area contributed by atoms with Gasteiger partial charge in [0.1, 0.15) is 11.6 Å². The van der Waals surface area contributed by atoms with Gasteiger partial charge < -0.3 is 20.1 Å². The summed E-state index contributed by atoms with van der Waals surface area (Å²) in [5.74, 6) is -1.31. The number of carbonyl (C=O) groups excluding carboxylic acids is 1. The number of rotatable bonds is 10. The molecule has 196 valence electrons. The van der Waals surface area contributed by atoms with Crippen molar-refractivity contribution in [3.8, 4) is 5.75 Å². The van der Waals surface area contributed by atoms with E-state index in [2.05, 4.69) is 24.1 Å². The molecule has 0 unspecified atom stereocenters. The number of hydrogen-bond donors (Lipinski definition) is 2. The van der Waals surface area contributed by atoms with Gasteiger partial charge in [0.05, 0.1) is 17.8 Å². The summed E-state index contributed by atoms with van der Waals surface area (Å²) in [6.45, 7) is 8.06. The van der Waals surface area contributed by atoms with Crippen molar-refractivity contribution in [1.29, 1.82) is 0 Å². The second kappa shape index (κ2) is 12.0. The summed E-state index contributed by atoms with van der Waals surface area (Å²) >= 11 is 5.84. The molecular weight excluding hydrogens is 483 g/mol. The number of carboxylic acid groups (broad SMARTS) is 1. The Kier molecular flexibility index (Phi) is 9.23. The highest BCUT2D eigenvalue weighted by atomic mass is 35.5. The zero-order valence-electron chi connectivity index (χ0n) is 21.4. The Balaban J connectivity index is 1.96. The van der Waals surface area contributed by atoms with Crippen LogP contribution >= 0.6 is 11.6 Å². The smallest absolute Gasteiger partial charge is 0.347 e. The van der Waals surface area contributed by atoms with E-state index in [0.717, 1.165) is 37.9 Å². The van der Waals surface area contributed by atoms with Gasteiger partial charge in [-0.2, -0.15) is 0 Å². The number of carboxylic acids is 1. The maximum absolute atomic E-state index is 14.3. The van der Waals surface area contributed by atoms with Crippen molar-refractivity contribution in [2.45, 2.75) is 77.9 Å². The second-order valence-electron chi connectivity index (χ2n) is 10.4. The van der Waals surface area contributed by atoms with Gasteiger partial charge in [-0.3, -0.25) is 4.79 Å². The summed E-state index contributed by atoms with van der Waals surface area (Å²) < 4.78 is 20.1. The normalized spacial score (nSPS) is 14.5. The van der Waals surface area contributed by atoms with Crippen LogP contribution in [0.25, 0.3) is 0 Å². The summed E-state index contributed by atoms with van der Waals surface area (Å²) in [4.78, 5) is 27.0. The minimum atomic E-state index is -1.45. The molecule has 1 aliphatic carbocycles. The third-order valence-electron chi connectivity index (χ3n) is 6.38. The van der Waals surface area contributed by atoms with Crippen LogP contribution in [0.2, 0.25) is 5.02 Å². The molecule has 0 aromatic heterocycles. The first-order valence-electron chi connectivity index (χ1n) is 12.5. The predicted octanol–water partition coefficient (Wildman–Crippen LogP) is 6.70. The van der Waals surface area contributed by atoms with E-state index in [0.29, 0.717) is 23.4 Å². The summed E-state index contributed by atoms with van der Waals surface area (Å²) in [5.41, 5.74) is 0.153. The fourth-order valence-electron chi connectivity index (χ4n) is 4.53. The molecule has 3 rings (SSSR count). The maximum atomic E-state index is 14.3. The summed E-state index contributed by atoms with van der Waals surface area (Å²) in [6.07, 6.45) is 5.51. The number of carbonyl (C=O) groups is 2. The Hall–Kier alpha value is -2.80. The van der Waals surface area contributed by atoms with Gasteiger partial charge in [-0.05, 0) is 62.4 Å². The molecule has 0 spiro atoms. The molecule has 1 saturated carbocycles. The Morgan fingerprint density at radius 1 is 1.17 bits per heavy atom. The average Bonchev–Trinajstić information content (AvgIpc) is 2.80. The van der Waals surface area contributed by atoms with Crippen LogP contribution < -0.4 is 15.0 Å². The molecule has 0 saturated heterocycles. The largest absolute Gasteiger partial charge is 0.478 e. The van der Waals surface area contributed by atoms with Crippen molar-refractivity contribution in [1.82, 2.24) is 0 Å². The summed E-state index contributed by atoms with van der Waals surface area (Å²) in [5, 5.41) is 12.7. The average molecular weight is 519 g/mol.